The van der Waals surface area contributed by atoms with Gasteiger partial charge in [0, 0.05) is 22.2 Å². The third-order valence-corrected chi connectivity index (χ3v) is 4.63. The van der Waals surface area contributed by atoms with E-state index in [4.69, 9.17) is 4.42 Å². The highest BCUT2D eigenvalue weighted by atomic mass is 79.9. The molecule has 1 aliphatic rings. The van der Waals surface area contributed by atoms with E-state index in [1.807, 2.05) is 36.4 Å². The molecule has 1 amide bonds. The van der Waals surface area contributed by atoms with Gasteiger partial charge < -0.3 is 9.73 Å². The predicted octanol–water partition coefficient (Wildman–Crippen LogP) is 4.67. The first-order valence-electron chi connectivity index (χ1n) is 7.94. The first-order valence-corrected chi connectivity index (χ1v) is 8.73. The maximum atomic E-state index is 12.2. The lowest BCUT2D eigenvalue weighted by molar-refractivity contribution is -0.117. The quantitative estimate of drug-likeness (QED) is 0.614. The molecule has 1 saturated carbocycles. The molecule has 1 fully saturated rings. The number of carbonyl (C=O) groups is 1. The van der Waals surface area contributed by atoms with Crippen LogP contribution in [0.15, 0.2) is 50.9 Å². The van der Waals surface area contributed by atoms with E-state index in [-0.39, 0.29) is 17.5 Å². The minimum atomic E-state index is -0.328. The van der Waals surface area contributed by atoms with Crippen LogP contribution >= 0.6 is 15.9 Å². The van der Waals surface area contributed by atoms with Crippen LogP contribution in [0.3, 0.4) is 0 Å². The molecule has 0 unspecified atom stereocenters. The van der Waals surface area contributed by atoms with E-state index < -0.39 is 0 Å². The second-order valence-electron chi connectivity index (χ2n) is 5.83. The Morgan fingerprint density at radius 1 is 1.21 bits per heavy atom. The minimum absolute atomic E-state index is 0.0682. The fourth-order valence-corrected chi connectivity index (χ4v) is 3.09. The molecule has 122 valence electrons. The molecule has 1 aromatic heterocycles. The molecule has 3 rings (SSSR count). The standard InChI is InChI=1S/C19H17BrN2O2/c20-15-7-5-13(6-8-15)18-10-9-17(24-18)11-14(12-21)19(23)22-16-3-1-2-4-16/h5-11,16H,1-4H2,(H,22,23)/b14-11+. The van der Waals surface area contributed by atoms with Gasteiger partial charge >= 0.3 is 0 Å². The molecule has 0 bridgehead atoms. The summed E-state index contributed by atoms with van der Waals surface area (Å²) in [7, 11) is 0. The van der Waals surface area contributed by atoms with Crippen LogP contribution in [0, 0.1) is 11.3 Å². The van der Waals surface area contributed by atoms with Crippen LogP contribution in [0.1, 0.15) is 31.4 Å². The lowest BCUT2D eigenvalue weighted by Gasteiger charge is -2.10. The van der Waals surface area contributed by atoms with Crippen LogP contribution in [-0.2, 0) is 4.79 Å². The zero-order valence-corrected chi connectivity index (χ0v) is 14.7. The van der Waals surface area contributed by atoms with Gasteiger partial charge in [-0.15, -0.1) is 0 Å². The molecule has 0 aliphatic heterocycles. The van der Waals surface area contributed by atoms with Crippen molar-refractivity contribution < 1.29 is 9.21 Å². The Balaban J connectivity index is 1.75. The summed E-state index contributed by atoms with van der Waals surface area (Å²) in [6, 6.07) is 13.5. The highest BCUT2D eigenvalue weighted by molar-refractivity contribution is 9.10. The first-order chi connectivity index (χ1) is 11.7. The van der Waals surface area contributed by atoms with Gasteiger partial charge in [-0.25, -0.2) is 0 Å². The molecule has 1 aliphatic carbocycles. The van der Waals surface area contributed by atoms with E-state index in [2.05, 4.69) is 21.2 Å². The lowest BCUT2D eigenvalue weighted by atomic mass is 10.2. The van der Waals surface area contributed by atoms with Crippen molar-refractivity contribution in [2.75, 3.05) is 0 Å². The largest absolute Gasteiger partial charge is 0.457 e. The summed E-state index contributed by atoms with van der Waals surface area (Å²) in [6.07, 6.45) is 5.72. The maximum Gasteiger partial charge on any atom is 0.262 e. The number of nitrogens with zero attached hydrogens (tertiary/aromatic N) is 1. The summed E-state index contributed by atoms with van der Waals surface area (Å²) in [5.74, 6) is 0.860. The van der Waals surface area contributed by atoms with Gasteiger partial charge in [0.2, 0.25) is 0 Å². The number of nitriles is 1. The van der Waals surface area contributed by atoms with Gasteiger partial charge in [-0.2, -0.15) is 5.26 Å². The molecular weight excluding hydrogens is 368 g/mol. The molecule has 1 N–H and O–H groups in total. The van der Waals surface area contributed by atoms with E-state index in [1.54, 1.807) is 6.07 Å². The van der Waals surface area contributed by atoms with Crippen molar-refractivity contribution in [1.29, 1.82) is 5.26 Å². The third kappa shape index (κ3) is 3.95. The molecule has 0 spiro atoms. The Labute approximate surface area is 149 Å². The van der Waals surface area contributed by atoms with Crippen molar-refractivity contribution in [3.8, 4) is 17.4 Å². The Kier molecular flexibility index (Phi) is 5.17. The molecule has 0 saturated heterocycles. The average molecular weight is 385 g/mol. The van der Waals surface area contributed by atoms with E-state index in [0.29, 0.717) is 11.5 Å². The van der Waals surface area contributed by atoms with E-state index in [0.717, 1.165) is 35.7 Å². The second-order valence-corrected chi connectivity index (χ2v) is 6.75. The number of carbonyl (C=O) groups excluding carboxylic acids is 1. The summed E-state index contributed by atoms with van der Waals surface area (Å²) in [5.41, 5.74) is 1.00. The van der Waals surface area contributed by atoms with Crippen molar-refractivity contribution >= 4 is 27.9 Å². The number of benzene rings is 1. The van der Waals surface area contributed by atoms with Crippen molar-refractivity contribution in [2.45, 2.75) is 31.7 Å². The molecule has 2 aromatic rings. The van der Waals surface area contributed by atoms with Crippen LogP contribution in [0.5, 0.6) is 0 Å². The van der Waals surface area contributed by atoms with Crippen molar-refractivity contribution in [3.63, 3.8) is 0 Å². The SMILES string of the molecule is N#C/C(=C\c1ccc(-c2ccc(Br)cc2)o1)C(=O)NC1CCCC1. The van der Waals surface area contributed by atoms with E-state index >= 15 is 0 Å². The summed E-state index contributed by atoms with van der Waals surface area (Å²) < 4.78 is 6.73. The number of nitrogens with one attached hydrogen (secondary N) is 1. The summed E-state index contributed by atoms with van der Waals surface area (Å²) in [4.78, 5) is 12.2. The number of halogens is 1. The van der Waals surface area contributed by atoms with Crippen LogP contribution < -0.4 is 5.32 Å². The van der Waals surface area contributed by atoms with Crippen LogP contribution in [0.25, 0.3) is 17.4 Å². The monoisotopic (exact) mass is 384 g/mol. The third-order valence-electron chi connectivity index (χ3n) is 4.10. The minimum Gasteiger partial charge on any atom is -0.457 e. The predicted molar refractivity (Wildman–Crippen MR) is 95.8 cm³/mol. The number of furan rings is 1. The Morgan fingerprint density at radius 3 is 2.58 bits per heavy atom. The number of amides is 1. The summed E-state index contributed by atoms with van der Waals surface area (Å²) in [5, 5.41) is 12.2. The zero-order chi connectivity index (χ0) is 16.9. The molecule has 5 heteroatoms. The number of hydrogen-bond acceptors (Lipinski definition) is 3. The Hall–Kier alpha value is -2.32. The number of rotatable bonds is 4. The van der Waals surface area contributed by atoms with Crippen molar-refractivity contribution in [2.24, 2.45) is 0 Å². The molecule has 24 heavy (non-hydrogen) atoms. The van der Waals surface area contributed by atoms with Gasteiger partial charge in [-0.05, 0) is 37.1 Å². The molecule has 4 nitrogen and oxygen atoms in total. The van der Waals surface area contributed by atoms with Crippen molar-refractivity contribution in [3.05, 3.63) is 52.2 Å². The first kappa shape index (κ1) is 16.5. The number of hydrogen-bond donors (Lipinski definition) is 1. The average Bonchev–Trinajstić information content (AvgIpc) is 3.25. The second kappa shape index (κ2) is 7.50. The van der Waals surface area contributed by atoms with E-state index in [1.165, 1.54) is 6.08 Å². The fourth-order valence-electron chi connectivity index (χ4n) is 2.82. The fraction of sp³-hybridized carbons (Fsp3) is 0.263. The topological polar surface area (TPSA) is 66.0 Å². The summed E-state index contributed by atoms with van der Waals surface area (Å²) in [6.45, 7) is 0. The molecule has 0 atom stereocenters. The van der Waals surface area contributed by atoms with Crippen LogP contribution in [0.4, 0.5) is 0 Å². The summed E-state index contributed by atoms with van der Waals surface area (Å²) >= 11 is 3.40. The van der Waals surface area contributed by atoms with Gasteiger partial charge in [0.25, 0.3) is 5.91 Å². The highest BCUT2D eigenvalue weighted by Gasteiger charge is 2.19. The maximum absolute atomic E-state index is 12.2. The van der Waals surface area contributed by atoms with Crippen LogP contribution in [-0.4, -0.2) is 11.9 Å². The van der Waals surface area contributed by atoms with E-state index in [9.17, 15) is 10.1 Å². The van der Waals surface area contributed by atoms with Crippen LogP contribution in [0.2, 0.25) is 0 Å². The van der Waals surface area contributed by atoms with Gasteiger partial charge in [-0.1, -0.05) is 40.9 Å². The van der Waals surface area contributed by atoms with Gasteiger partial charge in [0.1, 0.15) is 23.2 Å². The normalized spacial score (nSPS) is 15.2. The Morgan fingerprint density at radius 2 is 1.92 bits per heavy atom. The zero-order valence-electron chi connectivity index (χ0n) is 13.1. The van der Waals surface area contributed by atoms with Crippen molar-refractivity contribution in [1.82, 2.24) is 5.32 Å². The van der Waals surface area contributed by atoms with Gasteiger partial charge in [0.15, 0.2) is 0 Å². The highest BCUT2D eigenvalue weighted by Crippen LogP contribution is 2.25. The smallest absolute Gasteiger partial charge is 0.262 e. The Bertz CT molecular complexity index is 794. The van der Waals surface area contributed by atoms with Gasteiger partial charge in [-0.3, -0.25) is 4.79 Å². The van der Waals surface area contributed by atoms with Gasteiger partial charge in [0.05, 0.1) is 0 Å². The molecule has 1 aromatic carbocycles. The molecule has 0 radical (unpaired) electrons. The molecule has 1 heterocycles. The molecular formula is C19H17BrN2O2. The lowest BCUT2D eigenvalue weighted by Crippen LogP contribution is -2.33.